The van der Waals surface area contributed by atoms with E-state index in [-0.39, 0.29) is 30.3 Å². The van der Waals surface area contributed by atoms with E-state index in [0.717, 1.165) is 0 Å². The maximum absolute atomic E-state index is 2.86. The standard InChI is InChI=1S/2C4H5N.2ClH.H2O/c2*1-2-4-5-3-1;;;/h2*1-5H;2*1H;1H2. The van der Waals surface area contributed by atoms with Gasteiger partial charge in [0.2, 0.25) is 0 Å². The molecule has 2 rings (SSSR count). The van der Waals surface area contributed by atoms with Crippen LogP contribution < -0.4 is 0 Å². The van der Waals surface area contributed by atoms with Crippen LogP contribution in [0.15, 0.2) is 49.1 Å². The molecular formula is C8H14Cl2N2O. The van der Waals surface area contributed by atoms with E-state index in [1.54, 1.807) is 0 Å². The molecule has 0 radical (unpaired) electrons. The van der Waals surface area contributed by atoms with E-state index < -0.39 is 0 Å². The summed E-state index contributed by atoms with van der Waals surface area (Å²) in [5, 5.41) is 0. The van der Waals surface area contributed by atoms with Crippen molar-refractivity contribution in [2.75, 3.05) is 0 Å². The highest BCUT2D eigenvalue weighted by molar-refractivity contribution is 5.85. The van der Waals surface area contributed by atoms with Crippen LogP contribution in [-0.2, 0) is 0 Å². The van der Waals surface area contributed by atoms with Crippen molar-refractivity contribution in [2.45, 2.75) is 0 Å². The van der Waals surface area contributed by atoms with Crippen molar-refractivity contribution in [2.24, 2.45) is 0 Å². The second-order valence-corrected chi connectivity index (χ2v) is 1.77. The molecule has 13 heavy (non-hydrogen) atoms. The molecule has 0 fully saturated rings. The van der Waals surface area contributed by atoms with Gasteiger partial charge in [0, 0.05) is 24.8 Å². The van der Waals surface area contributed by atoms with Crippen molar-refractivity contribution in [3.8, 4) is 0 Å². The molecule has 2 heterocycles. The molecule has 2 aromatic heterocycles. The monoisotopic (exact) mass is 224 g/mol. The second kappa shape index (κ2) is 13.7. The third-order valence-corrected chi connectivity index (χ3v) is 0.992. The smallest absolute Gasteiger partial charge is 0.000496 e. The van der Waals surface area contributed by atoms with Crippen molar-refractivity contribution in [1.82, 2.24) is 9.97 Å². The van der Waals surface area contributed by atoms with Crippen LogP contribution >= 0.6 is 24.8 Å². The SMILES string of the molecule is Cl.Cl.O.c1cc[nH]c1.c1cc[nH]c1. The van der Waals surface area contributed by atoms with Crippen LogP contribution in [0.2, 0.25) is 0 Å². The van der Waals surface area contributed by atoms with Crippen molar-refractivity contribution in [3.05, 3.63) is 49.1 Å². The molecule has 5 heteroatoms. The van der Waals surface area contributed by atoms with Crippen molar-refractivity contribution >= 4 is 24.8 Å². The number of aromatic amines is 2. The van der Waals surface area contributed by atoms with Gasteiger partial charge in [-0.15, -0.1) is 24.8 Å². The van der Waals surface area contributed by atoms with Gasteiger partial charge in [0.05, 0.1) is 0 Å². The Kier molecular flexibility index (Phi) is 18.9. The van der Waals surface area contributed by atoms with Gasteiger partial charge in [-0.3, -0.25) is 0 Å². The molecule has 0 aliphatic rings. The first-order valence-electron chi connectivity index (χ1n) is 3.15. The number of nitrogens with one attached hydrogen (secondary N) is 2. The molecule has 0 aromatic carbocycles. The fourth-order valence-electron chi connectivity index (χ4n) is 0.556. The van der Waals surface area contributed by atoms with Crippen LogP contribution in [0.4, 0.5) is 0 Å². The number of hydrogen-bond donors (Lipinski definition) is 2. The summed E-state index contributed by atoms with van der Waals surface area (Å²) in [4.78, 5) is 5.72. The molecule has 4 N–H and O–H groups in total. The molecule has 0 aliphatic heterocycles. The number of rotatable bonds is 0. The number of hydrogen-bond acceptors (Lipinski definition) is 0. The third-order valence-electron chi connectivity index (χ3n) is 0.992. The zero-order valence-corrected chi connectivity index (χ0v) is 8.57. The summed E-state index contributed by atoms with van der Waals surface area (Å²) in [5.41, 5.74) is 0. The van der Waals surface area contributed by atoms with Gasteiger partial charge in [0.25, 0.3) is 0 Å². The van der Waals surface area contributed by atoms with Crippen LogP contribution in [0.25, 0.3) is 0 Å². The van der Waals surface area contributed by atoms with Gasteiger partial charge in [0.1, 0.15) is 0 Å². The lowest BCUT2D eigenvalue weighted by atomic mass is 10.7. The zero-order valence-electron chi connectivity index (χ0n) is 6.94. The van der Waals surface area contributed by atoms with E-state index in [4.69, 9.17) is 0 Å². The van der Waals surface area contributed by atoms with Gasteiger partial charge in [-0.05, 0) is 24.3 Å². The van der Waals surface area contributed by atoms with Gasteiger partial charge >= 0.3 is 0 Å². The van der Waals surface area contributed by atoms with E-state index in [2.05, 4.69) is 9.97 Å². The summed E-state index contributed by atoms with van der Waals surface area (Å²) in [7, 11) is 0. The van der Waals surface area contributed by atoms with Crippen molar-refractivity contribution in [1.29, 1.82) is 0 Å². The van der Waals surface area contributed by atoms with E-state index >= 15 is 0 Å². The van der Waals surface area contributed by atoms with E-state index in [9.17, 15) is 0 Å². The second-order valence-electron chi connectivity index (χ2n) is 1.77. The fourth-order valence-corrected chi connectivity index (χ4v) is 0.556. The molecular weight excluding hydrogens is 211 g/mol. The molecule has 0 atom stereocenters. The average molecular weight is 225 g/mol. The van der Waals surface area contributed by atoms with Gasteiger partial charge in [-0.1, -0.05) is 0 Å². The number of aromatic nitrogens is 2. The van der Waals surface area contributed by atoms with E-state index in [1.807, 2.05) is 49.1 Å². The first kappa shape index (κ1) is 18.0. The Hall–Kier alpha value is -0.900. The molecule has 0 bridgehead atoms. The molecule has 76 valence electrons. The Morgan fingerprint density at radius 1 is 0.538 bits per heavy atom. The summed E-state index contributed by atoms with van der Waals surface area (Å²) in [6, 6.07) is 7.78. The maximum atomic E-state index is 2.86. The summed E-state index contributed by atoms with van der Waals surface area (Å²) in [5.74, 6) is 0. The Morgan fingerprint density at radius 3 is 0.846 bits per heavy atom. The van der Waals surface area contributed by atoms with Crippen LogP contribution in [0.1, 0.15) is 0 Å². The lowest BCUT2D eigenvalue weighted by molar-refractivity contribution is 0.824. The highest BCUT2D eigenvalue weighted by Crippen LogP contribution is 1.72. The normalized spacial score (nSPS) is 6.15. The quantitative estimate of drug-likeness (QED) is 0.689. The third kappa shape index (κ3) is 11.1. The minimum Gasteiger partial charge on any atom is -0.412 e. The first-order valence-corrected chi connectivity index (χ1v) is 3.15. The molecule has 0 aliphatic carbocycles. The highest BCUT2D eigenvalue weighted by Gasteiger charge is 1.56. The first-order chi connectivity index (χ1) is 5.00. The summed E-state index contributed by atoms with van der Waals surface area (Å²) >= 11 is 0. The van der Waals surface area contributed by atoms with Crippen molar-refractivity contribution < 1.29 is 5.48 Å². The van der Waals surface area contributed by atoms with Crippen LogP contribution in [-0.4, -0.2) is 15.4 Å². The predicted molar refractivity (Wildman–Crippen MR) is 59.7 cm³/mol. The Balaban J connectivity index is -0.000000125. The average Bonchev–Trinajstić information content (AvgIpc) is 2.67. The minimum absolute atomic E-state index is 0. The Bertz CT molecular complexity index is 159. The zero-order chi connectivity index (χ0) is 7.07. The maximum Gasteiger partial charge on any atom is 0.000496 e. The van der Waals surface area contributed by atoms with Gasteiger partial charge < -0.3 is 15.4 Å². The van der Waals surface area contributed by atoms with Crippen LogP contribution in [0.5, 0.6) is 0 Å². The predicted octanol–water partition coefficient (Wildman–Crippen LogP) is 2.05. The molecule has 0 saturated carbocycles. The van der Waals surface area contributed by atoms with Gasteiger partial charge in [-0.25, -0.2) is 0 Å². The van der Waals surface area contributed by atoms with Gasteiger partial charge in [-0.2, -0.15) is 0 Å². The minimum atomic E-state index is 0. The van der Waals surface area contributed by atoms with Crippen LogP contribution in [0, 0.1) is 0 Å². The van der Waals surface area contributed by atoms with Gasteiger partial charge in [0.15, 0.2) is 0 Å². The fraction of sp³-hybridized carbons (Fsp3) is 0. The molecule has 2 aromatic rings. The molecule has 3 nitrogen and oxygen atoms in total. The Labute approximate surface area is 89.7 Å². The Morgan fingerprint density at radius 2 is 0.769 bits per heavy atom. The summed E-state index contributed by atoms with van der Waals surface area (Å²) < 4.78 is 0. The van der Waals surface area contributed by atoms with Crippen molar-refractivity contribution in [3.63, 3.8) is 0 Å². The molecule has 0 saturated heterocycles. The van der Waals surface area contributed by atoms with E-state index in [0.29, 0.717) is 0 Å². The molecule has 0 amide bonds. The number of H-pyrrole nitrogens is 2. The summed E-state index contributed by atoms with van der Waals surface area (Å²) in [6.07, 6.45) is 7.50. The lowest BCUT2D eigenvalue weighted by Gasteiger charge is -1.49. The highest BCUT2D eigenvalue weighted by atomic mass is 35.5. The summed E-state index contributed by atoms with van der Waals surface area (Å²) in [6.45, 7) is 0. The molecule has 0 unspecified atom stereocenters. The van der Waals surface area contributed by atoms with Crippen LogP contribution in [0.3, 0.4) is 0 Å². The number of halogens is 2. The van der Waals surface area contributed by atoms with E-state index in [1.165, 1.54) is 0 Å². The topological polar surface area (TPSA) is 63.1 Å². The molecule has 0 spiro atoms. The largest absolute Gasteiger partial charge is 0.412 e. The lowest BCUT2D eigenvalue weighted by Crippen LogP contribution is -1.38.